The lowest BCUT2D eigenvalue weighted by atomic mass is 9.70. The Morgan fingerprint density at radius 1 is 0.473 bits per heavy atom. The first-order valence-corrected chi connectivity index (χ1v) is 22.7. The van der Waals surface area contributed by atoms with Crippen molar-refractivity contribution in [3.8, 4) is 22.3 Å². The Balaban J connectivity index is 1.32. The van der Waals surface area contributed by atoms with Crippen molar-refractivity contribution in [1.29, 1.82) is 0 Å². The molecule has 0 saturated carbocycles. The Morgan fingerprint density at radius 3 is 1.38 bits per heavy atom. The molecule has 0 aromatic heterocycles. The quantitative estimate of drug-likeness (QED) is 0.0289. The molecule has 0 atom stereocenters. The minimum Gasteiger partial charge on any atom is -0.258 e. The Morgan fingerprint density at radius 2 is 0.891 bits per heavy atom. The summed E-state index contributed by atoms with van der Waals surface area (Å²) in [5.41, 5.74) is 7.45. The van der Waals surface area contributed by atoms with Crippen molar-refractivity contribution in [2.45, 2.75) is 150 Å². The summed E-state index contributed by atoms with van der Waals surface area (Å²) in [5.74, 6) is 0. The maximum absolute atomic E-state index is 12.2. The van der Waals surface area contributed by atoms with E-state index >= 15 is 0 Å². The Hall–Kier alpha value is -4.15. The van der Waals surface area contributed by atoms with Gasteiger partial charge in [-0.3, -0.25) is 10.1 Å². The smallest absolute Gasteiger partial charge is 0.258 e. The molecule has 0 N–H and O–H groups in total. The van der Waals surface area contributed by atoms with Gasteiger partial charge in [0.15, 0.2) is 14.7 Å². The van der Waals surface area contributed by atoms with E-state index in [1.807, 2.05) is 12.1 Å². The van der Waals surface area contributed by atoms with Gasteiger partial charge in [0.05, 0.1) is 15.8 Å². The van der Waals surface area contributed by atoms with Crippen LogP contribution in [0.5, 0.6) is 0 Å². The van der Waals surface area contributed by atoms with Crippen LogP contribution in [-0.2, 0) is 16.3 Å². The third kappa shape index (κ3) is 10.2. The third-order valence-electron chi connectivity index (χ3n) is 11.9. The molecule has 3 nitrogen and oxygen atoms in total. The van der Waals surface area contributed by atoms with Gasteiger partial charge in [0.1, 0.15) is 0 Å². The van der Waals surface area contributed by atoms with E-state index in [0.717, 1.165) is 25.7 Å². The molecule has 0 aliphatic heterocycles. The first-order chi connectivity index (χ1) is 27.1. The van der Waals surface area contributed by atoms with E-state index in [1.165, 1.54) is 138 Å². The van der Waals surface area contributed by atoms with E-state index in [2.05, 4.69) is 117 Å². The van der Waals surface area contributed by atoms with Crippen molar-refractivity contribution >= 4 is 16.6 Å². The molecule has 0 saturated heterocycles. The number of fused-ring (bicyclic) bond motifs is 3. The van der Waals surface area contributed by atoms with E-state index in [0.29, 0.717) is 0 Å². The standard InChI is InChI=1S/C51H62NO2S/c1-3-5-7-9-11-13-15-23-37-51(38-24-16-14-12-10-8-6-4-2)49-39-42(31-35-47(49)48-36-32-43(52(53)54)40-50(48)51)41-29-33-46(34-30-41)55(44-25-19-17-20-26-44)45-27-21-18-22-28-45/h17-22,25-36,39-40H,3-16,23-24,37-38H2,1-2H3/q+1. The van der Waals surface area contributed by atoms with E-state index in [9.17, 15) is 10.1 Å². The Labute approximate surface area is 334 Å². The average molecular weight is 753 g/mol. The molecule has 0 heterocycles. The minimum atomic E-state index is -0.218. The van der Waals surface area contributed by atoms with Crippen molar-refractivity contribution in [2.24, 2.45) is 0 Å². The largest absolute Gasteiger partial charge is 0.269 e. The highest BCUT2D eigenvalue weighted by Crippen LogP contribution is 2.55. The summed E-state index contributed by atoms with van der Waals surface area (Å²) in [6, 6.07) is 43.7. The number of benzene rings is 5. The molecule has 5 aromatic carbocycles. The molecule has 55 heavy (non-hydrogen) atoms. The summed E-state index contributed by atoms with van der Waals surface area (Å²) in [7, 11) is -0.197. The lowest BCUT2D eigenvalue weighted by Gasteiger charge is -2.33. The van der Waals surface area contributed by atoms with Gasteiger partial charge in [-0.05, 0) is 107 Å². The second kappa shape index (κ2) is 20.7. The van der Waals surface area contributed by atoms with Crippen LogP contribution in [0.1, 0.15) is 141 Å². The summed E-state index contributed by atoms with van der Waals surface area (Å²) in [6.45, 7) is 4.56. The first kappa shape index (κ1) is 40.5. The monoisotopic (exact) mass is 752 g/mol. The van der Waals surface area contributed by atoms with Gasteiger partial charge in [-0.25, -0.2) is 0 Å². The van der Waals surface area contributed by atoms with Crippen LogP contribution in [0.15, 0.2) is 136 Å². The van der Waals surface area contributed by atoms with Crippen molar-refractivity contribution in [1.82, 2.24) is 0 Å². The molecule has 0 unspecified atom stereocenters. The summed E-state index contributed by atoms with van der Waals surface area (Å²) in [4.78, 5) is 15.9. The van der Waals surface area contributed by atoms with E-state index in [-0.39, 0.29) is 26.9 Å². The number of hydrogen-bond donors (Lipinski definition) is 0. The summed E-state index contributed by atoms with van der Waals surface area (Å²) >= 11 is 0. The fraction of sp³-hybridized carbons (Fsp3) is 0.412. The normalized spacial score (nSPS) is 12.9. The summed E-state index contributed by atoms with van der Waals surface area (Å²) in [6.07, 6.45) is 22.5. The molecule has 0 radical (unpaired) electrons. The van der Waals surface area contributed by atoms with Crippen molar-refractivity contribution in [2.75, 3.05) is 0 Å². The first-order valence-electron chi connectivity index (χ1n) is 21.4. The lowest BCUT2D eigenvalue weighted by molar-refractivity contribution is -0.384. The molecule has 0 bridgehead atoms. The van der Waals surface area contributed by atoms with Crippen molar-refractivity contribution < 1.29 is 4.92 Å². The molecule has 0 fully saturated rings. The fourth-order valence-electron chi connectivity index (χ4n) is 8.87. The highest BCUT2D eigenvalue weighted by molar-refractivity contribution is 7.97. The molecule has 5 aromatic rings. The second-order valence-electron chi connectivity index (χ2n) is 15.7. The van der Waals surface area contributed by atoms with E-state index < -0.39 is 0 Å². The molecule has 1 aliphatic rings. The zero-order chi connectivity index (χ0) is 38.3. The Kier molecular flexibility index (Phi) is 15.2. The number of nitrogens with zero attached hydrogens (tertiary/aromatic N) is 1. The van der Waals surface area contributed by atoms with Gasteiger partial charge >= 0.3 is 0 Å². The maximum atomic E-state index is 12.2. The highest BCUT2D eigenvalue weighted by atomic mass is 32.2. The molecular formula is C51H62NO2S+. The number of nitro benzene ring substituents is 1. The third-order valence-corrected chi connectivity index (χ3v) is 14.1. The van der Waals surface area contributed by atoms with Crippen LogP contribution in [0.2, 0.25) is 0 Å². The maximum Gasteiger partial charge on any atom is 0.269 e. The lowest BCUT2D eigenvalue weighted by Crippen LogP contribution is -2.25. The topological polar surface area (TPSA) is 43.1 Å². The zero-order valence-electron chi connectivity index (χ0n) is 33.4. The number of rotatable bonds is 23. The van der Waals surface area contributed by atoms with Crippen molar-refractivity contribution in [3.63, 3.8) is 0 Å². The number of nitro groups is 1. The van der Waals surface area contributed by atoms with Gasteiger partial charge in [-0.1, -0.05) is 165 Å². The molecule has 6 rings (SSSR count). The average Bonchev–Trinajstić information content (AvgIpc) is 3.49. The number of unbranched alkanes of at least 4 members (excludes halogenated alkanes) is 14. The highest BCUT2D eigenvalue weighted by Gasteiger charge is 2.43. The van der Waals surface area contributed by atoms with Crippen LogP contribution in [-0.4, -0.2) is 4.92 Å². The molecular weight excluding hydrogens is 691 g/mol. The summed E-state index contributed by atoms with van der Waals surface area (Å²) in [5, 5.41) is 12.2. The fourth-order valence-corrected chi connectivity index (χ4v) is 10.9. The van der Waals surface area contributed by atoms with Gasteiger partial charge in [0.2, 0.25) is 0 Å². The molecule has 288 valence electrons. The van der Waals surface area contributed by atoms with Gasteiger partial charge in [0.25, 0.3) is 5.69 Å². The molecule has 0 amide bonds. The van der Waals surface area contributed by atoms with E-state index in [1.54, 1.807) is 6.07 Å². The summed E-state index contributed by atoms with van der Waals surface area (Å²) < 4.78 is 0. The van der Waals surface area contributed by atoms with Gasteiger partial charge < -0.3 is 0 Å². The van der Waals surface area contributed by atoms with Gasteiger partial charge in [0, 0.05) is 17.5 Å². The van der Waals surface area contributed by atoms with E-state index in [4.69, 9.17) is 0 Å². The van der Waals surface area contributed by atoms with Crippen LogP contribution in [0.25, 0.3) is 22.3 Å². The Bertz CT molecular complexity index is 1860. The second-order valence-corrected chi connectivity index (χ2v) is 17.8. The molecule has 1 aliphatic carbocycles. The predicted octanol–water partition coefficient (Wildman–Crippen LogP) is 15.7. The van der Waals surface area contributed by atoms with Crippen LogP contribution in [0, 0.1) is 10.1 Å². The zero-order valence-corrected chi connectivity index (χ0v) is 34.3. The van der Waals surface area contributed by atoms with Crippen molar-refractivity contribution in [3.05, 3.63) is 143 Å². The predicted molar refractivity (Wildman–Crippen MR) is 234 cm³/mol. The van der Waals surface area contributed by atoms with Crippen LogP contribution in [0.4, 0.5) is 5.69 Å². The number of hydrogen-bond acceptors (Lipinski definition) is 2. The minimum absolute atomic E-state index is 0.197. The van der Waals surface area contributed by atoms with Gasteiger partial charge in [-0.15, -0.1) is 0 Å². The molecule has 4 heteroatoms. The SMILES string of the molecule is CCCCCCCCCCC1(CCCCCCCCCC)c2cc(-c3ccc([S+](c4ccccc4)c4ccccc4)cc3)ccc2-c2ccc([N+](=O)[O-])cc21. The number of non-ortho nitro benzene ring substituents is 1. The van der Waals surface area contributed by atoms with Crippen LogP contribution in [0.3, 0.4) is 0 Å². The van der Waals surface area contributed by atoms with Crippen LogP contribution >= 0.6 is 0 Å². The van der Waals surface area contributed by atoms with Crippen LogP contribution < -0.4 is 0 Å². The molecule has 0 spiro atoms. The van der Waals surface area contributed by atoms with Gasteiger partial charge in [-0.2, -0.15) is 0 Å².